The van der Waals surface area contributed by atoms with Gasteiger partial charge < -0.3 is 5.73 Å². The number of nitrogen functional groups attached to an aromatic ring is 1. The summed E-state index contributed by atoms with van der Waals surface area (Å²) >= 11 is 6.26. The summed E-state index contributed by atoms with van der Waals surface area (Å²) in [4.78, 5) is 4.28. The second-order valence-corrected chi connectivity index (χ2v) is 5.22. The minimum absolute atomic E-state index is 0.560. The van der Waals surface area contributed by atoms with Crippen LogP contribution in [-0.4, -0.2) is 14.6 Å². The van der Waals surface area contributed by atoms with Crippen molar-refractivity contribution in [3.05, 3.63) is 59.8 Å². The van der Waals surface area contributed by atoms with Gasteiger partial charge in [0.2, 0.25) is 0 Å². The lowest BCUT2D eigenvalue weighted by Crippen LogP contribution is -1.98. The van der Waals surface area contributed by atoms with Crippen LogP contribution < -0.4 is 5.73 Å². The molecule has 0 amide bonds. The zero-order valence-corrected chi connectivity index (χ0v) is 11.7. The molecule has 4 rings (SSSR count). The molecule has 0 bridgehead atoms. The second-order valence-electron chi connectivity index (χ2n) is 4.81. The summed E-state index contributed by atoms with van der Waals surface area (Å²) < 4.78 is 1.64. The van der Waals surface area contributed by atoms with Crippen LogP contribution in [0.3, 0.4) is 0 Å². The van der Waals surface area contributed by atoms with Crippen LogP contribution in [-0.2, 0) is 0 Å². The van der Waals surface area contributed by atoms with E-state index in [1.807, 2.05) is 42.5 Å². The Morgan fingerprint density at radius 3 is 2.62 bits per heavy atom. The van der Waals surface area contributed by atoms with Crippen LogP contribution in [0, 0.1) is 0 Å². The lowest BCUT2D eigenvalue weighted by Gasteiger charge is -2.05. The molecule has 21 heavy (non-hydrogen) atoms. The Hall–Kier alpha value is -2.59. The van der Waals surface area contributed by atoms with E-state index >= 15 is 0 Å². The molecule has 0 saturated carbocycles. The Morgan fingerprint density at radius 1 is 1.00 bits per heavy atom. The normalized spacial score (nSPS) is 11.3. The predicted octanol–water partition coefficient (Wildman–Crippen LogP) is 3.79. The van der Waals surface area contributed by atoms with Crippen LogP contribution in [0.15, 0.2) is 54.7 Å². The van der Waals surface area contributed by atoms with Crippen molar-refractivity contribution < 1.29 is 0 Å². The average molecular weight is 295 g/mol. The van der Waals surface area contributed by atoms with Crippen LogP contribution in [0.25, 0.3) is 27.7 Å². The summed E-state index contributed by atoms with van der Waals surface area (Å²) in [6, 6.07) is 15.5. The molecular formula is C16H11ClN4. The van der Waals surface area contributed by atoms with Crippen molar-refractivity contribution in [3.63, 3.8) is 0 Å². The fourth-order valence-corrected chi connectivity index (χ4v) is 2.76. The highest BCUT2D eigenvalue weighted by Gasteiger charge is 2.11. The molecule has 4 nitrogen and oxygen atoms in total. The van der Waals surface area contributed by atoms with Gasteiger partial charge in [-0.05, 0) is 17.5 Å². The third-order valence-electron chi connectivity index (χ3n) is 3.53. The average Bonchev–Trinajstić information content (AvgIpc) is 2.93. The molecule has 0 atom stereocenters. The van der Waals surface area contributed by atoms with Crippen molar-refractivity contribution in [2.75, 3.05) is 5.73 Å². The van der Waals surface area contributed by atoms with Gasteiger partial charge in [-0.25, -0.2) is 4.98 Å². The third-order valence-corrected chi connectivity index (χ3v) is 3.86. The molecule has 0 aliphatic carbocycles. The Labute approximate surface area is 125 Å². The van der Waals surface area contributed by atoms with E-state index in [-0.39, 0.29) is 0 Å². The molecule has 0 saturated heterocycles. The quantitative estimate of drug-likeness (QED) is 0.581. The molecule has 0 fully saturated rings. The first-order chi connectivity index (χ1) is 10.2. The number of hydrogen-bond donors (Lipinski definition) is 1. The molecule has 5 heteroatoms. The number of hydrogen-bond acceptors (Lipinski definition) is 3. The Bertz CT molecular complexity index is 975. The highest BCUT2D eigenvalue weighted by Crippen LogP contribution is 2.32. The van der Waals surface area contributed by atoms with Crippen molar-refractivity contribution in [1.29, 1.82) is 0 Å². The maximum Gasteiger partial charge on any atom is 0.157 e. The molecule has 2 N–H and O–H groups in total. The molecular weight excluding hydrogens is 284 g/mol. The molecule has 0 aliphatic rings. The monoisotopic (exact) mass is 294 g/mol. The molecule has 102 valence electrons. The van der Waals surface area contributed by atoms with Crippen LogP contribution in [0.2, 0.25) is 5.02 Å². The predicted molar refractivity (Wildman–Crippen MR) is 85.4 cm³/mol. The van der Waals surface area contributed by atoms with Gasteiger partial charge in [0.15, 0.2) is 5.65 Å². The number of fused-ring (bicyclic) bond motifs is 2. The first-order valence-corrected chi connectivity index (χ1v) is 6.90. The topological polar surface area (TPSA) is 56.2 Å². The van der Waals surface area contributed by atoms with Gasteiger partial charge in [-0.15, -0.1) is 0 Å². The zero-order chi connectivity index (χ0) is 14.4. The van der Waals surface area contributed by atoms with Gasteiger partial charge in [-0.3, -0.25) is 0 Å². The van der Waals surface area contributed by atoms with E-state index in [2.05, 4.69) is 10.1 Å². The summed E-state index contributed by atoms with van der Waals surface area (Å²) in [6.07, 6.45) is 1.68. The molecule has 0 radical (unpaired) electrons. The van der Waals surface area contributed by atoms with Gasteiger partial charge in [0.25, 0.3) is 0 Å². The maximum absolute atomic E-state index is 6.26. The summed E-state index contributed by atoms with van der Waals surface area (Å²) in [5, 5.41) is 7.35. The number of nitrogens with zero attached hydrogens (tertiary/aromatic N) is 3. The zero-order valence-electron chi connectivity index (χ0n) is 11.0. The van der Waals surface area contributed by atoms with E-state index in [0.717, 1.165) is 32.7 Å². The first-order valence-electron chi connectivity index (χ1n) is 6.52. The molecule has 2 heterocycles. The third kappa shape index (κ3) is 1.84. The van der Waals surface area contributed by atoms with Crippen molar-refractivity contribution in [1.82, 2.24) is 14.6 Å². The molecule has 0 aliphatic heterocycles. The van der Waals surface area contributed by atoms with Gasteiger partial charge in [0, 0.05) is 28.2 Å². The Kier molecular flexibility index (Phi) is 2.59. The number of benzene rings is 2. The van der Waals surface area contributed by atoms with Crippen molar-refractivity contribution in [2.24, 2.45) is 0 Å². The van der Waals surface area contributed by atoms with Crippen molar-refractivity contribution in [2.45, 2.75) is 0 Å². The van der Waals surface area contributed by atoms with Crippen molar-refractivity contribution >= 4 is 33.8 Å². The lowest BCUT2D eigenvalue weighted by molar-refractivity contribution is 0.956. The summed E-state index contributed by atoms with van der Waals surface area (Å²) in [6.45, 7) is 0. The summed E-state index contributed by atoms with van der Waals surface area (Å²) in [5.74, 6) is 0.560. The van der Waals surface area contributed by atoms with Crippen LogP contribution >= 0.6 is 11.6 Å². The minimum atomic E-state index is 0.560. The van der Waals surface area contributed by atoms with Gasteiger partial charge in [0.1, 0.15) is 5.82 Å². The molecule has 0 unspecified atom stereocenters. The second kappa shape index (κ2) is 4.46. The minimum Gasteiger partial charge on any atom is -0.384 e. The Balaban J connectivity index is 2.05. The van der Waals surface area contributed by atoms with Crippen LogP contribution in [0.4, 0.5) is 5.82 Å². The highest BCUT2D eigenvalue weighted by molar-refractivity contribution is 6.36. The fraction of sp³-hybridized carbons (Fsp3) is 0. The van der Waals surface area contributed by atoms with E-state index in [0.29, 0.717) is 5.82 Å². The number of anilines is 1. The van der Waals surface area contributed by atoms with E-state index in [4.69, 9.17) is 17.3 Å². The fourth-order valence-electron chi connectivity index (χ4n) is 2.53. The van der Waals surface area contributed by atoms with Gasteiger partial charge in [0.05, 0.1) is 5.69 Å². The van der Waals surface area contributed by atoms with E-state index in [9.17, 15) is 0 Å². The summed E-state index contributed by atoms with van der Waals surface area (Å²) in [5.41, 5.74) is 8.49. The number of rotatable bonds is 1. The summed E-state index contributed by atoms with van der Waals surface area (Å²) in [7, 11) is 0. The molecule has 2 aromatic carbocycles. The molecule has 4 aromatic rings. The molecule has 0 spiro atoms. The highest BCUT2D eigenvalue weighted by atomic mass is 35.5. The van der Waals surface area contributed by atoms with Crippen LogP contribution in [0.5, 0.6) is 0 Å². The number of nitrogens with two attached hydrogens (primary N) is 1. The molecule has 2 aromatic heterocycles. The smallest absolute Gasteiger partial charge is 0.157 e. The first kappa shape index (κ1) is 12.2. The maximum atomic E-state index is 6.26. The van der Waals surface area contributed by atoms with E-state index in [1.165, 1.54) is 0 Å². The SMILES string of the molecule is Nc1ccnc2cc(-c3ccc(Cl)c4ccccc34)nn12. The number of aromatic nitrogens is 3. The van der Waals surface area contributed by atoms with Gasteiger partial charge in [-0.1, -0.05) is 41.9 Å². The largest absolute Gasteiger partial charge is 0.384 e. The van der Waals surface area contributed by atoms with E-state index < -0.39 is 0 Å². The van der Waals surface area contributed by atoms with Gasteiger partial charge >= 0.3 is 0 Å². The van der Waals surface area contributed by atoms with Crippen molar-refractivity contribution in [3.8, 4) is 11.3 Å². The van der Waals surface area contributed by atoms with E-state index in [1.54, 1.807) is 16.8 Å². The lowest BCUT2D eigenvalue weighted by atomic mass is 10.0. The Morgan fingerprint density at radius 2 is 1.81 bits per heavy atom. The van der Waals surface area contributed by atoms with Crippen LogP contribution in [0.1, 0.15) is 0 Å². The number of halogens is 1. The van der Waals surface area contributed by atoms with Gasteiger partial charge in [-0.2, -0.15) is 9.61 Å². The standard InChI is InChI=1S/C16H11ClN4/c17-13-6-5-12(10-3-1-2-4-11(10)13)14-9-16-19-8-7-15(18)21(16)20-14/h1-9H,18H2.